The van der Waals surface area contributed by atoms with Crippen molar-refractivity contribution in [3.8, 4) is 0 Å². The Kier molecular flexibility index (Phi) is 69.0. The van der Waals surface area contributed by atoms with Crippen LogP contribution in [0.25, 0.3) is 0 Å². The van der Waals surface area contributed by atoms with Crippen LogP contribution in [0.15, 0.2) is 207 Å². The van der Waals surface area contributed by atoms with E-state index in [0.717, 1.165) is 154 Å². The quantitative estimate of drug-likeness (QED) is 0.0373. The number of rotatable bonds is 61. The zero-order valence-electron chi connectivity index (χ0n) is 55.0. The molecule has 0 aromatic carbocycles. The lowest BCUT2D eigenvalue weighted by atomic mass is 10.1. The third-order valence-electron chi connectivity index (χ3n) is 14.1. The Morgan fingerprint density at radius 2 is 0.465 bits per heavy atom. The van der Waals surface area contributed by atoms with Crippen molar-refractivity contribution in [1.82, 2.24) is 0 Å². The summed E-state index contributed by atoms with van der Waals surface area (Å²) in [4.78, 5) is 24.7. The van der Waals surface area contributed by atoms with Crippen molar-refractivity contribution in [3.05, 3.63) is 207 Å². The maximum atomic E-state index is 12.4. The monoisotopic (exact) mass is 1180 g/mol. The van der Waals surface area contributed by atoms with Crippen LogP contribution >= 0.6 is 0 Å². The highest BCUT2D eigenvalue weighted by Crippen LogP contribution is 2.15. The van der Waals surface area contributed by atoms with E-state index in [1.54, 1.807) is 0 Å². The normalized spacial score (nSPS) is 13.6. The largest absolute Gasteiger partial charge is 0.462 e. The van der Waals surface area contributed by atoms with Crippen LogP contribution in [0.3, 0.4) is 0 Å². The standard InChI is InChI=1S/C81H126O5/c1-3-5-7-9-11-13-15-17-19-21-23-25-27-29-31-33-35-37-39-40-42-44-46-48-50-52-54-56-58-60-62-64-66-68-70-72-74-76-81(84)86-79(77-82)78-85-80(83)75-73-71-69-67-65-63-61-59-57-55-53-51-49-47-45-43-41-38-36-34-32-30-28-26-24-22-20-18-16-14-12-10-8-6-4-2/h5-8,11-14,17-20,23-26,29-32,35-38,40,42-43,45-46,48-49,51-52,54,79,82H,3-4,9-10,15-16,21-22,27-28,33-34,39,41,44,47,50,53,55-78H2,1-2H3/b7-5-,8-6-,13-11-,14-12-,19-17-,20-18-,25-23-,26-24-,31-29-,32-30-,37-35-,38-36-,42-40-,45-43-,48-46-,51-49-,54-52-. The predicted octanol–water partition coefficient (Wildman–Crippen LogP) is 24.5. The summed E-state index contributed by atoms with van der Waals surface area (Å²) >= 11 is 0. The zero-order chi connectivity index (χ0) is 61.9. The highest BCUT2D eigenvalue weighted by molar-refractivity contribution is 5.70. The average Bonchev–Trinajstić information content (AvgIpc) is 3.53. The fourth-order valence-electron chi connectivity index (χ4n) is 8.98. The van der Waals surface area contributed by atoms with E-state index in [2.05, 4.69) is 220 Å². The van der Waals surface area contributed by atoms with E-state index in [1.165, 1.54) is 89.9 Å². The molecule has 0 spiro atoms. The topological polar surface area (TPSA) is 72.8 Å². The Labute approximate surface area is 530 Å². The number of unbranched alkanes of at least 4 members (excludes halogenated alkanes) is 19. The Morgan fingerprint density at radius 3 is 0.698 bits per heavy atom. The second kappa shape index (κ2) is 73.7. The minimum absolute atomic E-state index is 0.0829. The summed E-state index contributed by atoms with van der Waals surface area (Å²) in [7, 11) is 0. The van der Waals surface area contributed by atoms with E-state index in [-0.39, 0.29) is 25.2 Å². The Hall–Kier alpha value is -5.52. The molecule has 0 saturated heterocycles. The van der Waals surface area contributed by atoms with Crippen molar-refractivity contribution in [3.63, 3.8) is 0 Å². The second-order valence-corrected chi connectivity index (χ2v) is 22.1. The minimum Gasteiger partial charge on any atom is -0.462 e. The molecule has 0 aliphatic carbocycles. The van der Waals surface area contributed by atoms with Crippen molar-refractivity contribution in [1.29, 1.82) is 0 Å². The van der Waals surface area contributed by atoms with Crippen LogP contribution in [0.2, 0.25) is 0 Å². The summed E-state index contributed by atoms with van der Waals surface area (Å²) in [5.74, 6) is -0.613. The summed E-state index contributed by atoms with van der Waals surface area (Å²) in [6, 6.07) is 0. The van der Waals surface area contributed by atoms with Crippen molar-refractivity contribution in [2.24, 2.45) is 0 Å². The number of aliphatic hydroxyl groups excluding tert-OH is 1. The second-order valence-electron chi connectivity index (χ2n) is 22.1. The molecule has 0 amide bonds. The summed E-state index contributed by atoms with van der Waals surface area (Å²) in [5, 5.41) is 9.70. The molecule has 0 aliphatic heterocycles. The molecule has 86 heavy (non-hydrogen) atoms. The molecule has 480 valence electrons. The van der Waals surface area contributed by atoms with E-state index in [4.69, 9.17) is 9.47 Å². The predicted molar refractivity (Wildman–Crippen MR) is 379 cm³/mol. The maximum absolute atomic E-state index is 12.4. The molecule has 0 saturated carbocycles. The van der Waals surface area contributed by atoms with Crippen molar-refractivity contribution >= 4 is 11.9 Å². The van der Waals surface area contributed by atoms with Gasteiger partial charge in [0.1, 0.15) is 6.61 Å². The van der Waals surface area contributed by atoms with E-state index in [9.17, 15) is 14.7 Å². The first kappa shape index (κ1) is 80.5. The zero-order valence-corrected chi connectivity index (χ0v) is 55.0. The van der Waals surface area contributed by atoms with E-state index >= 15 is 0 Å². The van der Waals surface area contributed by atoms with Crippen LogP contribution in [-0.4, -0.2) is 36.4 Å². The van der Waals surface area contributed by atoms with Gasteiger partial charge in [-0.15, -0.1) is 0 Å². The van der Waals surface area contributed by atoms with Gasteiger partial charge in [0, 0.05) is 12.8 Å². The van der Waals surface area contributed by atoms with Crippen molar-refractivity contribution in [2.75, 3.05) is 13.2 Å². The van der Waals surface area contributed by atoms with Gasteiger partial charge in [0.2, 0.25) is 0 Å². The average molecular weight is 1180 g/mol. The van der Waals surface area contributed by atoms with Gasteiger partial charge in [-0.2, -0.15) is 0 Å². The van der Waals surface area contributed by atoms with Crippen LogP contribution in [0.4, 0.5) is 0 Å². The van der Waals surface area contributed by atoms with Gasteiger partial charge in [-0.05, 0) is 148 Å². The fraction of sp³-hybridized carbons (Fsp3) is 0.556. The summed E-state index contributed by atoms with van der Waals surface area (Å²) < 4.78 is 10.7. The van der Waals surface area contributed by atoms with Gasteiger partial charge >= 0.3 is 11.9 Å². The molecule has 1 unspecified atom stereocenters. The van der Waals surface area contributed by atoms with Gasteiger partial charge in [0.05, 0.1) is 6.61 Å². The molecule has 0 aromatic heterocycles. The van der Waals surface area contributed by atoms with Crippen LogP contribution in [0.1, 0.15) is 271 Å². The minimum atomic E-state index is -0.795. The molecule has 0 radical (unpaired) electrons. The van der Waals surface area contributed by atoms with E-state index < -0.39 is 6.10 Å². The van der Waals surface area contributed by atoms with Crippen molar-refractivity contribution < 1.29 is 24.2 Å². The molecule has 0 heterocycles. The first-order valence-electron chi connectivity index (χ1n) is 34.6. The SMILES string of the molecule is CC/C=C\C/C=C\C/C=C\C/C=C\C/C=C\C/C=C\C/C=C\C/C=C\C/C=C\CCCCCCCCCCCC(=O)OC(CO)COC(=O)CCCCCCCCCCCC/C=C\C/C=C\C/C=C\C/C=C\C/C=C\C/C=C\C/C=C\C/C=C\CC. The number of carbonyl (C=O) groups excluding carboxylic acids is 2. The molecule has 0 aromatic rings. The van der Waals surface area contributed by atoms with E-state index in [0.29, 0.717) is 12.8 Å². The lowest BCUT2D eigenvalue weighted by molar-refractivity contribution is -0.161. The number of aliphatic hydroxyl groups is 1. The summed E-state index contributed by atoms with van der Waals surface area (Å²) in [5.41, 5.74) is 0. The van der Waals surface area contributed by atoms with Crippen LogP contribution in [0.5, 0.6) is 0 Å². The van der Waals surface area contributed by atoms with Gasteiger partial charge in [-0.25, -0.2) is 0 Å². The molecule has 0 fully saturated rings. The number of carbonyl (C=O) groups is 2. The first-order valence-corrected chi connectivity index (χ1v) is 34.6. The highest BCUT2D eigenvalue weighted by Gasteiger charge is 2.16. The molecule has 1 N–H and O–H groups in total. The van der Waals surface area contributed by atoms with Gasteiger partial charge < -0.3 is 14.6 Å². The summed E-state index contributed by atoms with van der Waals surface area (Å²) in [6.07, 6.45) is 118. The molecule has 5 heteroatoms. The van der Waals surface area contributed by atoms with Gasteiger partial charge in [-0.3, -0.25) is 9.59 Å². The van der Waals surface area contributed by atoms with Gasteiger partial charge in [-0.1, -0.05) is 317 Å². The van der Waals surface area contributed by atoms with Crippen molar-refractivity contribution in [2.45, 2.75) is 277 Å². The Bertz CT molecular complexity index is 2020. The lowest BCUT2D eigenvalue weighted by Gasteiger charge is -2.15. The number of esters is 2. The third-order valence-corrected chi connectivity index (χ3v) is 14.1. The molecule has 0 bridgehead atoms. The van der Waals surface area contributed by atoms with Crippen LogP contribution < -0.4 is 0 Å². The fourth-order valence-corrected chi connectivity index (χ4v) is 8.98. The molecule has 5 nitrogen and oxygen atoms in total. The van der Waals surface area contributed by atoms with Gasteiger partial charge in [0.15, 0.2) is 6.10 Å². The third kappa shape index (κ3) is 71.0. The number of ether oxygens (including phenoxy) is 2. The molecule has 1 atom stereocenters. The molecule has 0 aliphatic rings. The smallest absolute Gasteiger partial charge is 0.306 e. The molecular weight excluding hydrogens is 1050 g/mol. The molecular formula is C81H126O5. The number of hydrogen-bond acceptors (Lipinski definition) is 5. The van der Waals surface area contributed by atoms with E-state index in [1.807, 2.05) is 0 Å². The first-order chi connectivity index (χ1) is 42.6. The number of allylic oxidation sites excluding steroid dienone is 34. The molecule has 0 rings (SSSR count). The highest BCUT2D eigenvalue weighted by atomic mass is 16.6. The Balaban J connectivity index is 3.60. The van der Waals surface area contributed by atoms with Gasteiger partial charge in [0.25, 0.3) is 0 Å². The summed E-state index contributed by atoms with van der Waals surface area (Å²) in [6.45, 7) is 3.90. The van der Waals surface area contributed by atoms with Crippen LogP contribution in [0, 0.1) is 0 Å². The lowest BCUT2D eigenvalue weighted by Crippen LogP contribution is -2.28. The Morgan fingerprint density at radius 1 is 0.267 bits per heavy atom. The number of hydrogen-bond donors (Lipinski definition) is 1. The van der Waals surface area contributed by atoms with Crippen LogP contribution in [-0.2, 0) is 19.1 Å². The maximum Gasteiger partial charge on any atom is 0.306 e.